The number of nitrogens with one attached hydrogen (secondary N) is 2. The highest BCUT2D eigenvalue weighted by Crippen LogP contribution is 2.30. The van der Waals surface area contributed by atoms with Gasteiger partial charge in [0.25, 0.3) is 0 Å². The van der Waals surface area contributed by atoms with E-state index in [0.29, 0.717) is 25.7 Å². The average Bonchev–Trinajstić information content (AvgIpc) is 3.74. The largest absolute Gasteiger partial charge is 0.490 e. The molecule has 3 aromatic rings. The number of amides is 4. The maximum Gasteiger partial charge on any atom is 0.246 e. The summed E-state index contributed by atoms with van der Waals surface area (Å²) in [5, 5.41) is 16.4. The molecule has 1 aliphatic rings. The number of aliphatic hydroxyl groups is 1. The summed E-state index contributed by atoms with van der Waals surface area (Å²) in [7, 11) is 0. The maximum absolute atomic E-state index is 15.1. The first kappa shape index (κ1) is 43.3. The first-order valence-electron chi connectivity index (χ1n) is 18.9. The molecule has 55 heavy (non-hydrogen) atoms. The van der Waals surface area contributed by atoms with Crippen molar-refractivity contribution in [1.82, 2.24) is 20.5 Å². The number of hydrogen-bond acceptors (Lipinski definition) is 8. The Labute approximate surface area is 326 Å². The lowest BCUT2D eigenvalue weighted by atomic mass is 9.85. The Morgan fingerprint density at radius 3 is 2.38 bits per heavy atom. The number of aromatic nitrogens is 1. The minimum atomic E-state index is -0.967. The Kier molecular flexibility index (Phi) is 15.3. The Bertz CT molecular complexity index is 1800. The Morgan fingerprint density at radius 2 is 1.75 bits per heavy atom. The third-order valence-corrected chi connectivity index (χ3v) is 10.9. The van der Waals surface area contributed by atoms with Crippen LogP contribution in [-0.2, 0) is 25.6 Å². The first-order valence-corrected chi connectivity index (χ1v) is 19.8. The summed E-state index contributed by atoms with van der Waals surface area (Å²) in [6.07, 6.45) is 1.39. The van der Waals surface area contributed by atoms with Gasteiger partial charge in [-0.2, -0.15) is 0 Å². The van der Waals surface area contributed by atoms with Crippen LogP contribution in [-0.4, -0.2) is 70.0 Å². The van der Waals surface area contributed by atoms with Crippen LogP contribution < -0.4 is 21.1 Å². The van der Waals surface area contributed by atoms with Crippen LogP contribution in [0.2, 0.25) is 0 Å². The van der Waals surface area contributed by atoms with E-state index in [1.807, 2.05) is 65.8 Å². The van der Waals surface area contributed by atoms with Gasteiger partial charge >= 0.3 is 0 Å². The fourth-order valence-electron chi connectivity index (χ4n) is 6.63. The molecule has 5 N–H and O–H groups in total. The summed E-state index contributed by atoms with van der Waals surface area (Å²) in [4.78, 5) is 58.5. The molecule has 1 aromatic heterocycles. The summed E-state index contributed by atoms with van der Waals surface area (Å²) in [5.74, 6) is -3.19. The van der Waals surface area contributed by atoms with Gasteiger partial charge in [0.1, 0.15) is 17.9 Å². The molecule has 0 saturated carbocycles. The summed E-state index contributed by atoms with van der Waals surface area (Å²) < 4.78 is 35.2. The van der Waals surface area contributed by atoms with Crippen molar-refractivity contribution in [3.63, 3.8) is 0 Å². The van der Waals surface area contributed by atoms with Gasteiger partial charge in [0.2, 0.25) is 23.6 Å². The monoisotopic (exact) mass is 783 g/mol. The molecule has 14 heteroatoms. The molecule has 2 heterocycles. The molecule has 300 valence electrons. The van der Waals surface area contributed by atoms with E-state index in [4.69, 9.17) is 10.5 Å². The fraction of sp³-hybridized carbons (Fsp3) is 0.537. The van der Waals surface area contributed by atoms with E-state index in [1.165, 1.54) is 11.0 Å². The van der Waals surface area contributed by atoms with Gasteiger partial charge in [0.05, 0.1) is 34.8 Å². The van der Waals surface area contributed by atoms with Gasteiger partial charge in [-0.25, -0.2) is 13.8 Å². The van der Waals surface area contributed by atoms with Crippen molar-refractivity contribution in [1.29, 1.82) is 0 Å². The lowest BCUT2D eigenvalue weighted by Crippen LogP contribution is -2.57. The molecular formula is C41H55F2N5O6S. The number of nitrogens with two attached hydrogens (primary N) is 1. The van der Waals surface area contributed by atoms with Crippen LogP contribution in [0, 0.1) is 29.9 Å². The molecular weight excluding hydrogens is 729 g/mol. The number of likely N-dealkylation sites (tertiary alicyclic amines) is 1. The van der Waals surface area contributed by atoms with Crippen LogP contribution in [0.25, 0.3) is 10.4 Å². The summed E-state index contributed by atoms with van der Waals surface area (Å²) in [6.45, 7) is 11.2. The highest BCUT2D eigenvalue weighted by atomic mass is 32.1. The number of ether oxygens (including phenoxy) is 1. The number of primary amides is 1. The van der Waals surface area contributed by atoms with E-state index < -0.39 is 53.0 Å². The Hall–Kier alpha value is -4.43. The van der Waals surface area contributed by atoms with Gasteiger partial charge in [-0.05, 0) is 74.1 Å². The minimum Gasteiger partial charge on any atom is -0.490 e. The molecule has 1 aliphatic heterocycles. The zero-order valence-corrected chi connectivity index (χ0v) is 33.4. The number of aryl methyl sites for hydroxylation is 1. The van der Waals surface area contributed by atoms with E-state index in [2.05, 4.69) is 15.6 Å². The third-order valence-electron chi connectivity index (χ3n) is 9.95. The number of nitrogens with zero attached hydrogens (tertiary/aromatic N) is 2. The van der Waals surface area contributed by atoms with Crippen molar-refractivity contribution < 1.29 is 37.8 Å². The number of halogens is 2. The van der Waals surface area contributed by atoms with Gasteiger partial charge in [-0.3, -0.25) is 19.2 Å². The zero-order chi connectivity index (χ0) is 40.4. The summed E-state index contributed by atoms with van der Waals surface area (Å²) in [5.41, 5.74) is 9.05. The second kappa shape index (κ2) is 19.4. The number of aliphatic hydroxyl groups excluding tert-OH is 1. The van der Waals surface area contributed by atoms with Gasteiger partial charge in [-0.1, -0.05) is 58.4 Å². The molecule has 1 fully saturated rings. The molecule has 5 atom stereocenters. The van der Waals surface area contributed by atoms with Crippen molar-refractivity contribution in [2.75, 3.05) is 13.2 Å². The van der Waals surface area contributed by atoms with Gasteiger partial charge in [0.15, 0.2) is 11.6 Å². The molecule has 4 amide bonds. The maximum atomic E-state index is 15.1. The standard InChI is InChI=1S/C41H55F2N5O6S/c1-24(12-19-34(44)50)22-54-33-18-17-31(42)30(36(33)43)10-8-7-9-11-35(51)47-38(41(4,5)6)40(53)48-21-29(49)20-32(48)39(52)46-25(2)27-13-15-28(16-14-27)37-26(3)45-23-55-37/h13-18,23-25,29,32,38,49H,7-12,19-22H2,1-6H3,(H2,44,50)(H,46,52)(H,47,51)/t24-,25-,29+,32-,38+/m0/s1. The molecule has 0 spiro atoms. The SMILES string of the molecule is Cc1ncsc1-c1ccc([C@H](C)NC(=O)[C@@H]2C[C@@H](O)CN2C(=O)[C@@H](NC(=O)CCCCCc2c(F)ccc(OC[C@@H](C)CCC(N)=O)c2F)C(C)(C)C)cc1. The lowest BCUT2D eigenvalue weighted by molar-refractivity contribution is -0.144. The van der Waals surface area contributed by atoms with Crippen LogP contribution in [0.1, 0.15) is 102 Å². The van der Waals surface area contributed by atoms with Crippen molar-refractivity contribution in [2.45, 2.75) is 117 Å². The van der Waals surface area contributed by atoms with E-state index in [-0.39, 0.29) is 68.0 Å². The number of rotatable bonds is 18. The zero-order valence-electron chi connectivity index (χ0n) is 32.6. The summed E-state index contributed by atoms with van der Waals surface area (Å²) >= 11 is 1.56. The number of β-amino-alcohol motifs (C(OH)–C–C–N with tert-alkyl or cyclic N) is 1. The number of thiazole rings is 1. The average molecular weight is 784 g/mol. The van der Waals surface area contributed by atoms with Gasteiger partial charge in [-0.15, -0.1) is 11.3 Å². The smallest absolute Gasteiger partial charge is 0.246 e. The second-order valence-electron chi connectivity index (χ2n) is 15.7. The van der Waals surface area contributed by atoms with E-state index in [9.17, 15) is 28.7 Å². The quantitative estimate of drug-likeness (QED) is 0.113. The van der Waals surface area contributed by atoms with Crippen molar-refractivity contribution in [3.05, 3.63) is 70.4 Å². The van der Waals surface area contributed by atoms with Crippen molar-refractivity contribution in [3.8, 4) is 16.2 Å². The number of carbonyl (C=O) groups excluding carboxylic acids is 4. The number of carbonyl (C=O) groups is 4. The molecule has 4 rings (SSSR count). The minimum absolute atomic E-state index is 0.0374. The molecule has 0 aliphatic carbocycles. The summed E-state index contributed by atoms with van der Waals surface area (Å²) in [6, 6.07) is 8.02. The van der Waals surface area contributed by atoms with Crippen molar-refractivity contribution >= 4 is 35.0 Å². The van der Waals surface area contributed by atoms with E-state index >= 15 is 4.39 Å². The molecule has 0 unspecified atom stereocenters. The highest BCUT2D eigenvalue weighted by molar-refractivity contribution is 7.13. The van der Waals surface area contributed by atoms with Crippen LogP contribution in [0.15, 0.2) is 41.9 Å². The van der Waals surface area contributed by atoms with Crippen LogP contribution in [0.5, 0.6) is 5.75 Å². The topological polar surface area (TPSA) is 164 Å². The molecule has 1 saturated heterocycles. The van der Waals surface area contributed by atoms with E-state index in [1.54, 1.807) is 16.8 Å². The van der Waals surface area contributed by atoms with Gasteiger partial charge < -0.3 is 31.1 Å². The molecule has 0 radical (unpaired) electrons. The molecule has 0 bridgehead atoms. The van der Waals surface area contributed by atoms with Crippen LogP contribution in [0.4, 0.5) is 8.78 Å². The normalized spacial score (nSPS) is 17.4. The van der Waals surface area contributed by atoms with Crippen LogP contribution >= 0.6 is 11.3 Å². The predicted molar refractivity (Wildman–Crippen MR) is 208 cm³/mol. The highest BCUT2D eigenvalue weighted by Gasteiger charge is 2.44. The fourth-order valence-corrected chi connectivity index (χ4v) is 7.45. The second-order valence-corrected chi connectivity index (χ2v) is 16.6. The van der Waals surface area contributed by atoms with E-state index in [0.717, 1.165) is 27.8 Å². The number of benzene rings is 2. The first-order chi connectivity index (χ1) is 26.0. The molecule has 11 nitrogen and oxygen atoms in total. The third kappa shape index (κ3) is 12.0. The Morgan fingerprint density at radius 1 is 1.04 bits per heavy atom. The predicted octanol–water partition coefficient (Wildman–Crippen LogP) is 6.15. The Balaban J connectivity index is 1.29. The lowest BCUT2D eigenvalue weighted by Gasteiger charge is -2.35. The number of unbranched alkanes of at least 4 members (excludes halogenated alkanes) is 2. The van der Waals surface area contributed by atoms with Crippen LogP contribution in [0.3, 0.4) is 0 Å². The molecule has 2 aromatic carbocycles. The number of hydrogen-bond donors (Lipinski definition) is 4. The van der Waals surface area contributed by atoms with Gasteiger partial charge in [0, 0.05) is 31.4 Å². The van der Waals surface area contributed by atoms with Crippen molar-refractivity contribution in [2.24, 2.45) is 17.1 Å².